The first-order chi connectivity index (χ1) is 20.7. The number of benzene rings is 2. The number of likely N-dealkylation sites (tertiary alicyclic amines) is 1. The van der Waals surface area contributed by atoms with Gasteiger partial charge in [0, 0.05) is 51.5 Å². The number of rotatable bonds is 14. The third-order valence-electron chi connectivity index (χ3n) is 9.62. The average Bonchev–Trinajstić information content (AvgIpc) is 2.99. The number of hydrogen-bond acceptors (Lipinski definition) is 5. The molecule has 1 amide bonds. The van der Waals surface area contributed by atoms with Crippen LogP contribution in [-0.2, 0) is 26.2 Å². The minimum absolute atomic E-state index is 0.130. The first-order valence-corrected chi connectivity index (χ1v) is 16.2. The number of esters is 1. The summed E-state index contributed by atoms with van der Waals surface area (Å²) in [4.78, 5) is 30.4. The normalized spacial score (nSPS) is 23.9. The SMILES string of the molecule is C=CCN1CCC2(c3cccc(OC(C)=O)c3)CC(N(CC(C)C)C(=O)CCCCCc3ccccc3)CCC2(OC)C1. The van der Waals surface area contributed by atoms with Crippen LogP contribution in [0.15, 0.2) is 67.3 Å². The fourth-order valence-electron chi connectivity index (χ4n) is 7.61. The van der Waals surface area contributed by atoms with E-state index >= 15 is 0 Å². The molecule has 3 atom stereocenters. The van der Waals surface area contributed by atoms with Gasteiger partial charge in [0.1, 0.15) is 5.75 Å². The van der Waals surface area contributed by atoms with Crippen LogP contribution in [0.2, 0.25) is 0 Å². The molecule has 6 heteroatoms. The highest BCUT2D eigenvalue weighted by Crippen LogP contribution is 2.54. The number of hydrogen-bond donors (Lipinski definition) is 0. The molecule has 4 rings (SSSR count). The Morgan fingerprint density at radius 3 is 2.58 bits per heavy atom. The molecule has 43 heavy (non-hydrogen) atoms. The smallest absolute Gasteiger partial charge is 0.308 e. The summed E-state index contributed by atoms with van der Waals surface area (Å²) >= 11 is 0. The third-order valence-corrected chi connectivity index (χ3v) is 9.62. The van der Waals surface area contributed by atoms with Crippen molar-refractivity contribution >= 4 is 11.9 Å². The van der Waals surface area contributed by atoms with Gasteiger partial charge in [0.2, 0.25) is 5.91 Å². The average molecular weight is 589 g/mol. The van der Waals surface area contributed by atoms with E-state index in [0.717, 1.165) is 83.1 Å². The zero-order valence-electron chi connectivity index (χ0n) is 26.9. The molecule has 234 valence electrons. The van der Waals surface area contributed by atoms with Crippen molar-refractivity contribution in [1.82, 2.24) is 9.80 Å². The highest BCUT2D eigenvalue weighted by atomic mass is 16.5. The van der Waals surface area contributed by atoms with E-state index in [1.54, 1.807) is 0 Å². The van der Waals surface area contributed by atoms with E-state index in [2.05, 4.69) is 66.6 Å². The number of fused-ring (bicyclic) bond motifs is 1. The van der Waals surface area contributed by atoms with Crippen molar-refractivity contribution < 1.29 is 19.1 Å². The Kier molecular flexibility index (Phi) is 11.6. The van der Waals surface area contributed by atoms with Crippen molar-refractivity contribution in [2.24, 2.45) is 5.92 Å². The van der Waals surface area contributed by atoms with Crippen LogP contribution in [0.3, 0.4) is 0 Å². The lowest BCUT2D eigenvalue weighted by atomic mass is 9.55. The topological polar surface area (TPSA) is 59.1 Å². The van der Waals surface area contributed by atoms with E-state index in [4.69, 9.17) is 9.47 Å². The van der Waals surface area contributed by atoms with Crippen molar-refractivity contribution in [3.63, 3.8) is 0 Å². The molecule has 2 aromatic rings. The van der Waals surface area contributed by atoms with Gasteiger partial charge in [0.05, 0.1) is 5.60 Å². The maximum Gasteiger partial charge on any atom is 0.308 e. The summed E-state index contributed by atoms with van der Waals surface area (Å²) in [5.74, 6) is 0.892. The Labute approximate surface area is 259 Å². The molecule has 0 spiro atoms. The van der Waals surface area contributed by atoms with Crippen LogP contribution in [0.1, 0.15) is 83.3 Å². The van der Waals surface area contributed by atoms with Crippen molar-refractivity contribution in [2.45, 2.75) is 95.6 Å². The molecular weight excluding hydrogens is 536 g/mol. The Bertz CT molecular complexity index is 1210. The molecule has 1 aliphatic heterocycles. The van der Waals surface area contributed by atoms with E-state index in [-0.39, 0.29) is 23.3 Å². The lowest BCUT2D eigenvalue weighted by molar-refractivity contribution is -0.161. The molecule has 0 bridgehead atoms. The summed E-state index contributed by atoms with van der Waals surface area (Å²) in [6.07, 6.45) is 10.2. The van der Waals surface area contributed by atoms with Crippen molar-refractivity contribution in [1.29, 1.82) is 0 Å². The summed E-state index contributed by atoms with van der Waals surface area (Å²) in [5, 5.41) is 0. The van der Waals surface area contributed by atoms with Crippen LogP contribution in [0.4, 0.5) is 0 Å². The van der Waals surface area contributed by atoms with Gasteiger partial charge in [-0.2, -0.15) is 0 Å². The fraction of sp³-hybridized carbons (Fsp3) is 0.568. The van der Waals surface area contributed by atoms with E-state index < -0.39 is 5.60 Å². The van der Waals surface area contributed by atoms with E-state index in [0.29, 0.717) is 18.1 Å². The molecule has 0 N–H and O–H groups in total. The zero-order chi connectivity index (χ0) is 30.9. The largest absolute Gasteiger partial charge is 0.427 e. The number of ether oxygens (including phenoxy) is 2. The quantitative estimate of drug-likeness (QED) is 0.103. The highest BCUT2D eigenvalue weighted by Gasteiger charge is 2.59. The fourth-order valence-corrected chi connectivity index (χ4v) is 7.61. The van der Waals surface area contributed by atoms with Gasteiger partial charge in [0.15, 0.2) is 0 Å². The Hall–Kier alpha value is -2.96. The lowest BCUT2D eigenvalue weighted by Gasteiger charge is -2.60. The monoisotopic (exact) mass is 588 g/mol. The second-order valence-electron chi connectivity index (χ2n) is 13.1. The van der Waals surface area contributed by atoms with Crippen LogP contribution in [-0.4, -0.2) is 66.6 Å². The molecule has 2 aromatic carbocycles. The summed E-state index contributed by atoms with van der Waals surface area (Å²) in [7, 11) is 1.84. The van der Waals surface area contributed by atoms with Crippen LogP contribution in [0.5, 0.6) is 5.75 Å². The number of nitrogens with zero attached hydrogens (tertiary/aromatic N) is 2. The minimum atomic E-state index is -0.413. The van der Waals surface area contributed by atoms with E-state index in [1.165, 1.54) is 12.5 Å². The predicted octanol–water partition coefficient (Wildman–Crippen LogP) is 6.97. The van der Waals surface area contributed by atoms with Gasteiger partial charge in [-0.1, -0.05) is 68.8 Å². The van der Waals surface area contributed by atoms with Crippen LogP contribution < -0.4 is 4.74 Å². The molecule has 0 aromatic heterocycles. The molecule has 6 nitrogen and oxygen atoms in total. The molecule has 2 aliphatic rings. The Balaban J connectivity index is 1.56. The number of carbonyl (C=O) groups is 2. The van der Waals surface area contributed by atoms with Crippen molar-refractivity contribution in [2.75, 3.05) is 33.3 Å². The molecule has 1 saturated carbocycles. The van der Waals surface area contributed by atoms with Crippen LogP contribution >= 0.6 is 0 Å². The van der Waals surface area contributed by atoms with Crippen LogP contribution in [0, 0.1) is 5.92 Å². The second kappa shape index (κ2) is 15.2. The number of unbranched alkanes of at least 4 members (excludes halogenated alkanes) is 2. The number of carbonyl (C=O) groups excluding carboxylic acids is 2. The van der Waals surface area contributed by atoms with Crippen LogP contribution in [0.25, 0.3) is 0 Å². The van der Waals surface area contributed by atoms with E-state index in [1.807, 2.05) is 31.4 Å². The summed E-state index contributed by atoms with van der Waals surface area (Å²) in [6, 6.07) is 18.7. The Morgan fingerprint density at radius 2 is 1.88 bits per heavy atom. The van der Waals surface area contributed by atoms with Gasteiger partial charge >= 0.3 is 5.97 Å². The van der Waals surface area contributed by atoms with Gasteiger partial charge in [-0.25, -0.2) is 0 Å². The lowest BCUT2D eigenvalue weighted by Crippen LogP contribution is -2.68. The number of piperidine rings is 1. The predicted molar refractivity (Wildman–Crippen MR) is 173 cm³/mol. The van der Waals surface area contributed by atoms with Crippen molar-refractivity contribution in [3.05, 3.63) is 78.4 Å². The van der Waals surface area contributed by atoms with Gasteiger partial charge in [-0.05, 0) is 80.7 Å². The van der Waals surface area contributed by atoms with E-state index in [9.17, 15) is 9.59 Å². The van der Waals surface area contributed by atoms with Gasteiger partial charge in [-0.15, -0.1) is 6.58 Å². The zero-order valence-corrected chi connectivity index (χ0v) is 26.9. The first kappa shape index (κ1) is 32.9. The molecule has 1 aliphatic carbocycles. The summed E-state index contributed by atoms with van der Waals surface area (Å²) in [5.41, 5.74) is 1.77. The standard InChI is InChI=1S/C37H52N2O4/c1-6-23-38-24-22-36(32-17-13-18-34(25-32)43-30(4)40)26-33(20-21-37(36,28-38)42-5)39(27-29(2)3)35(41)19-12-8-11-16-31-14-9-7-10-15-31/h6-7,9-10,13-15,17-18,25,29,33H,1,8,11-12,16,19-24,26-28H2,2-5H3. The first-order valence-electron chi connectivity index (χ1n) is 16.2. The molecule has 2 fully saturated rings. The number of aryl methyl sites for hydroxylation is 1. The third kappa shape index (κ3) is 7.96. The number of amides is 1. The molecular formula is C37H52N2O4. The van der Waals surface area contributed by atoms with Crippen molar-refractivity contribution in [3.8, 4) is 5.75 Å². The maximum atomic E-state index is 13.9. The Morgan fingerprint density at radius 1 is 1.09 bits per heavy atom. The summed E-state index contributed by atoms with van der Waals surface area (Å²) in [6.45, 7) is 13.1. The molecule has 1 heterocycles. The summed E-state index contributed by atoms with van der Waals surface area (Å²) < 4.78 is 12.1. The maximum absolute atomic E-state index is 13.9. The molecule has 1 saturated heterocycles. The number of methoxy groups -OCH3 is 1. The van der Waals surface area contributed by atoms with Gasteiger partial charge < -0.3 is 14.4 Å². The molecule has 3 unspecified atom stereocenters. The van der Waals surface area contributed by atoms with Gasteiger partial charge in [-0.3, -0.25) is 14.5 Å². The molecule has 0 radical (unpaired) electrons. The second-order valence-corrected chi connectivity index (χ2v) is 13.1. The minimum Gasteiger partial charge on any atom is -0.427 e. The van der Waals surface area contributed by atoms with Gasteiger partial charge in [0.25, 0.3) is 0 Å². The highest BCUT2D eigenvalue weighted by molar-refractivity contribution is 5.76.